The summed E-state index contributed by atoms with van der Waals surface area (Å²) in [4.78, 5) is 4.84. The van der Waals surface area contributed by atoms with Gasteiger partial charge in [0.2, 0.25) is 10.0 Å². The summed E-state index contributed by atoms with van der Waals surface area (Å²) in [6.45, 7) is 7.91. The van der Waals surface area contributed by atoms with Gasteiger partial charge >= 0.3 is 0 Å². The molecule has 1 aliphatic heterocycles. The van der Waals surface area contributed by atoms with E-state index in [1.807, 2.05) is 33.2 Å². The lowest BCUT2D eigenvalue weighted by Gasteiger charge is -2.38. The molecule has 0 spiro atoms. The monoisotopic (exact) mass is 420 g/mol. The Morgan fingerprint density at radius 3 is 2.34 bits per heavy atom. The summed E-state index contributed by atoms with van der Waals surface area (Å²) < 4.78 is 36.6. The third-order valence-corrected chi connectivity index (χ3v) is 7.28. The topological polar surface area (TPSA) is 66.8 Å². The Hall–Kier alpha value is -1.87. The van der Waals surface area contributed by atoms with E-state index in [1.54, 1.807) is 12.1 Å². The van der Waals surface area contributed by atoms with Crippen LogP contribution in [0.25, 0.3) is 0 Å². The van der Waals surface area contributed by atoms with E-state index >= 15 is 0 Å². The summed E-state index contributed by atoms with van der Waals surface area (Å²) in [6.07, 6.45) is 2.00. The first kappa shape index (κ1) is 21.8. The highest BCUT2D eigenvalue weighted by molar-refractivity contribution is 7.89. The van der Waals surface area contributed by atoms with Crippen LogP contribution in [0.15, 0.2) is 35.4 Å². The van der Waals surface area contributed by atoms with Gasteiger partial charge in [0, 0.05) is 51.7 Å². The number of methoxy groups -OCH3 is 1. The summed E-state index contributed by atoms with van der Waals surface area (Å²) in [5.41, 5.74) is 3.02. The molecule has 1 saturated heterocycles. The van der Waals surface area contributed by atoms with Crippen LogP contribution < -0.4 is 9.46 Å². The second kappa shape index (κ2) is 8.87. The normalized spacial score (nSPS) is 17.4. The predicted molar refractivity (Wildman–Crippen MR) is 115 cm³/mol. The molecule has 0 bridgehead atoms. The zero-order valence-corrected chi connectivity index (χ0v) is 18.8. The smallest absolute Gasteiger partial charge is 0.244 e. The van der Waals surface area contributed by atoms with Gasteiger partial charge in [-0.15, -0.1) is 0 Å². The number of hydrogen-bond acceptors (Lipinski definition) is 5. The molecule has 160 valence electrons. The second-order valence-corrected chi connectivity index (χ2v) is 9.57. The molecule has 29 heavy (non-hydrogen) atoms. The molecule has 1 fully saturated rings. The number of aryl methyl sites for hydroxylation is 3. The van der Waals surface area contributed by atoms with Crippen LogP contribution in [0.5, 0.6) is 5.75 Å². The van der Waals surface area contributed by atoms with E-state index < -0.39 is 10.0 Å². The van der Waals surface area contributed by atoms with Gasteiger partial charge in [0.05, 0.1) is 13.2 Å². The molecule has 8 heteroatoms. The van der Waals surface area contributed by atoms with Crippen LogP contribution in [0.2, 0.25) is 0 Å². The SMILES string of the molecule is COc1cc(C)c(C)cc1S(=O)(=O)NCC(c1cccn1C)N1CCN(C)CC1. The van der Waals surface area contributed by atoms with Crippen molar-refractivity contribution in [2.75, 3.05) is 46.9 Å². The number of nitrogens with zero attached hydrogens (tertiary/aromatic N) is 3. The van der Waals surface area contributed by atoms with Gasteiger partial charge in [-0.1, -0.05) is 0 Å². The van der Waals surface area contributed by atoms with Crippen molar-refractivity contribution in [2.45, 2.75) is 24.8 Å². The molecular weight excluding hydrogens is 388 g/mol. The fourth-order valence-electron chi connectivity index (χ4n) is 3.77. The van der Waals surface area contributed by atoms with Crippen LogP contribution in [0.4, 0.5) is 0 Å². The van der Waals surface area contributed by atoms with Crippen molar-refractivity contribution in [3.8, 4) is 5.75 Å². The first-order valence-electron chi connectivity index (χ1n) is 9.91. The fourth-order valence-corrected chi connectivity index (χ4v) is 5.05. The Kier molecular flexibility index (Phi) is 6.68. The third-order valence-electron chi connectivity index (χ3n) is 5.84. The Balaban J connectivity index is 1.85. The number of piperazine rings is 1. The molecule has 2 heterocycles. The molecule has 2 aromatic rings. The Morgan fingerprint density at radius 2 is 1.76 bits per heavy atom. The lowest BCUT2D eigenvalue weighted by atomic mass is 10.1. The van der Waals surface area contributed by atoms with Gasteiger partial charge in [-0.05, 0) is 56.3 Å². The molecule has 3 rings (SSSR count). The lowest BCUT2D eigenvalue weighted by molar-refractivity contribution is 0.109. The van der Waals surface area contributed by atoms with E-state index in [-0.39, 0.29) is 10.9 Å². The highest BCUT2D eigenvalue weighted by atomic mass is 32.2. The van der Waals surface area contributed by atoms with Gasteiger partial charge in [-0.3, -0.25) is 4.90 Å². The summed E-state index contributed by atoms with van der Waals surface area (Å²) >= 11 is 0. The predicted octanol–water partition coefficient (Wildman–Crippen LogP) is 1.92. The molecule has 1 unspecified atom stereocenters. The molecule has 0 saturated carbocycles. The average Bonchev–Trinajstić information content (AvgIpc) is 3.10. The zero-order valence-electron chi connectivity index (χ0n) is 18.0. The molecule has 0 amide bonds. The van der Waals surface area contributed by atoms with Crippen LogP contribution in [-0.4, -0.2) is 69.7 Å². The molecule has 1 N–H and O–H groups in total. The minimum Gasteiger partial charge on any atom is -0.495 e. The maximum Gasteiger partial charge on any atom is 0.244 e. The zero-order chi connectivity index (χ0) is 21.2. The largest absolute Gasteiger partial charge is 0.495 e. The fraction of sp³-hybridized carbons (Fsp3) is 0.524. The summed E-state index contributed by atoms with van der Waals surface area (Å²) in [7, 11) is 1.90. The van der Waals surface area contributed by atoms with Crippen molar-refractivity contribution < 1.29 is 13.2 Å². The van der Waals surface area contributed by atoms with Gasteiger partial charge in [0.25, 0.3) is 0 Å². The van der Waals surface area contributed by atoms with E-state index in [1.165, 1.54) is 7.11 Å². The van der Waals surface area contributed by atoms with Crippen molar-refractivity contribution in [1.82, 2.24) is 19.1 Å². The van der Waals surface area contributed by atoms with Crippen LogP contribution in [-0.2, 0) is 17.1 Å². The number of ether oxygens (including phenoxy) is 1. The first-order valence-corrected chi connectivity index (χ1v) is 11.4. The molecule has 1 atom stereocenters. The number of nitrogens with one attached hydrogen (secondary N) is 1. The van der Waals surface area contributed by atoms with Crippen molar-refractivity contribution in [3.63, 3.8) is 0 Å². The Labute approximate surface area is 174 Å². The van der Waals surface area contributed by atoms with E-state index in [0.717, 1.165) is 43.0 Å². The lowest BCUT2D eigenvalue weighted by Crippen LogP contribution is -2.48. The number of benzene rings is 1. The number of hydrogen-bond donors (Lipinski definition) is 1. The molecule has 1 aromatic carbocycles. The molecular formula is C21H32N4O3S. The first-order chi connectivity index (χ1) is 13.7. The van der Waals surface area contributed by atoms with Gasteiger partial charge in [-0.2, -0.15) is 0 Å². The van der Waals surface area contributed by atoms with Crippen LogP contribution in [0, 0.1) is 13.8 Å². The van der Waals surface area contributed by atoms with E-state index in [4.69, 9.17) is 4.74 Å². The highest BCUT2D eigenvalue weighted by Crippen LogP contribution is 2.28. The maximum absolute atomic E-state index is 13.1. The summed E-state index contributed by atoms with van der Waals surface area (Å²) in [5.74, 6) is 0.371. The van der Waals surface area contributed by atoms with Crippen molar-refractivity contribution in [3.05, 3.63) is 47.3 Å². The van der Waals surface area contributed by atoms with Crippen molar-refractivity contribution in [1.29, 1.82) is 0 Å². The summed E-state index contributed by atoms with van der Waals surface area (Å²) in [5, 5.41) is 0. The summed E-state index contributed by atoms with van der Waals surface area (Å²) in [6, 6.07) is 7.49. The standard InChI is InChI=1S/C21H32N4O3S/c1-16-13-20(28-5)21(14-17(16)2)29(26,27)22-15-19(18-7-6-8-24(18)4)25-11-9-23(3)10-12-25/h6-8,13-14,19,22H,9-12,15H2,1-5H3. The van der Waals surface area contributed by atoms with Gasteiger partial charge in [-0.25, -0.2) is 13.1 Å². The second-order valence-electron chi connectivity index (χ2n) is 7.84. The number of sulfonamides is 1. The third kappa shape index (κ3) is 4.83. The van der Waals surface area contributed by atoms with Crippen LogP contribution in [0.1, 0.15) is 22.9 Å². The highest BCUT2D eigenvalue weighted by Gasteiger charge is 2.28. The van der Waals surface area contributed by atoms with Crippen LogP contribution >= 0.6 is 0 Å². The van der Waals surface area contributed by atoms with Gasteiger partial charge in [0.15, 0.2) is 0 Å². The Morgan fingerprint density at radius 1 is 1.10 bits per heavy atom. The molecule has 7 nitrogen and oxygen atoms in total. The molecule has 1 aromatic heterocycles. The van der Waals surface area contributed by atoms with Crippen molar-refractivity contribution >= 4 is 10.0 Å². The van der Waals surface area contributed by atoms with Crippen molar-refractivity contribution in [2.24, 2.45) is 7.05 Å². The molecule has 0 aliphatic carbocycles. The quantitative estimate of drug-likeness (QED) is 0.741. The molecule has 0 radical (unpaired) electrons. The maximum atomic E-state index is 13.1. The van der Waals surface area contributed by atoms with E-state index in [9.17, 15) is 8.42 Å². The minimum absolute atomic E-state index is 0.0315. The molecule has 1 aliphatic rings. The number of rotatable bonds is 7. The number of aromatic nitrogens is 1. The minimum atomic E-state index is -3.71. The van der Waals surface area contributed by atoms with E-state index in [2.05, 4.69) is 32.2 Å². The van der Waals surface area contributed by atoms with Gasteiger partial charge in [0.1, 0.15) is 10.6 Å². The van der Waals surface area contributed by atoms with E-state index in [0.29, 0.717) is 12.3 Å². The number of likely N-dealkylation sites (N-methyl/N-ethyl adjacent to an activating group) is 1. The average molecular weight is 421 g/mol. The van der Waals surface area contributed by atoms with Gasteiger partial charge < -0.3 is 14.2 Å². The Bertz CT molecular complexity index is 947. The van der Waals surface area contributed by atoms with Crippen LogP contribution in [0.3, 0.4) is 0 Å².